The van der Waals surface area contributed by atoms with E-state index in [1.54, 1.807) is 0 Å². The Bertz CT molecular complexity index is 413. The van der Waals surface area contributed by atoms with Crippen LogP contribution in [0.1, 0.15) is 26.2 Å². The van der Waals surface area contributed by atoms with E-state index in [9.17, 15) is 9.18 Å². The van der Waals surface area contributed by atoms with Crippen LogP contribution in [0.15, 0.2) is 12.3 Å². The topological polar surface area (TPSA) is 60.5 Å². The van der Waals surface area contributed by atoms with Crippen molar-refractivity contribution in [3.63, 3.8) is 0 Å². The molecule has 106 valence electrons. The summed E-state index contributed by atoms with van der Waals surface area (Å²) >= 11 is 0. The van der Waals surface area contributed by atoms with E-state index in [1.165, 1.54) is 19.4 Å². The first-order valence-corrected chi connectivity index (χ1v) is 6.24. The van der Waals surface area contributed by atoms with Gasteiger partial charge in [0.1, 0.15) is 18.0 Å². The summed E-state index contributed by atoms with van der Waals surface area (Å²) in [6.45, 7) is 2.52. The Hall–Kier alpha value is -1.69. The van der Waals surface area contributed by atoms with E-state index in [0.29, 0.717) is 12.4 Å². The van der Waals surface area contributed by atoms with Crippen molar-refractivity contribution in [2.45, 2.75) is 26.2 Å². The molecule has 5 nitrogen and oxygen atoms in total. The van der Waals surface area contributed by atoms with Gasteiger partial charge in [0.25, 0.3) is 0 Å². The molecule has 0 bridgehead atoms. The molecule has 0 saturated carbocycles. The van der Waals surface area contributed by atoms with Gasteiger partial charge in [0.05, 0.1) is 13.3 Å². The minimum absolute atomic E-state index is 0.0125. The van der Waals surface area contributed by atoms with E-state index in [-0.39, 0.29) is 12.3 Å². The molecule has 0 fully saturated rings. The molecule has 1 heterocycles. The highest BCUT2D eigenvalue weighted by Gasteiger charge is 2.09. The van der Waals surface area contributed by atoms with Crippen LogP contribution in [-0.2, 0) is 9.53 Å². The van der Waals surface area contributed by atoms with Crippen LogP contribution in [0.2, 0.25) is 0 Å². The normalized spacial score (nSPS) is 10.3. The molecule has 1 aromatic rings. The van der Waals surface area contributed by atoms with Crippen LogP contribution >= 0.6 is 0 Å². The zero-order valence-corrected chi connectivity index (χ0v) is 11.2. The van der Waals surface area contributed by atoms with Gasteiger partial charge >= 0.3 is 0 Å². The smallest absolute Gasteiger partial charge is 0.250 e. The lowest BCUT2D eigenvalue weighted by Crippen LogP contribution is -2.19. The largest absolute Gasteiger partial charge is 0.495 e. The molecular weight excluding hydrogens is 251 g/mol. The molecule has 0 aliphatic heterocycles. The van der Waals surface area contributed by atoms with Crippen LogP contribution in [0.4, 0.5) is 10.1 Å². The quantitative estimate of drug-likeness (QED) is 0.582. The lowest BCUT2D eigenvalue weighted by Gasteiger charge is -2.08. The predicted octanol–water partition coefficient (Wildman–Crippen LogP) is 2.37. The third kappa shape index (κ3) is 5.65. The molecule has 0 aliphatic rings. The van der Waals surface area contributed by atoms with E-state index in [2.05, 4.69) is 17.2 Å². The van der Waals surface area contributed by atoms with Crippen LogP contribution in [0, 0.1) is 5.95 Å². The molecule has 0 aromatic carbocycles. The Kier molecular flexibility index (Phi) is 6.81. The summed E-state index contributed by atoms with van der Waals surface area (Å²) < 4.78 is 23.4. The molecular formula is C13H19FN2O3. The number of carbonyl (C=O) groups excluding carboxylic acids is 1. The summed E-state index contributed by atoms with van der Waals surface area (Å²) in [6.07, 6.45) is 4.32. The fourth-order valence-corrected chi connectivity index (χ4v) is 1.43. The van der Waals surface area contributed by atoms with Gasteiger partial charge in [-0.1, -0.05) is 19.8 Å². The Morgan fingerprint density at radius 3 is 2.95 bits per heavy atom. The third-order valence-corrected chi connectivity index (χ3v) is 2.45. The van der Waals surface area contributed by atoms with Gasteiger partial charge in [-0.2, -0.15) is 4.39 Å². The second-order valence-corrected chi connectivity index (χ2v) is 4.02. The molecule has 1 N–H and O–H groups in total. The highest BCUT2D eigenvalue weighted by molar-refractivity contribution is 5.91. The number of carbonyl (C=O) groups is 1. The molecule has 0 saturated heterocycles. The van der Waals surface area contributed by atoms with Crippen molar-refractivity contribution in [3.05, 3.63) is 18.2 Å². The van der Waals surface area contributed by atoms with Crippen LogP contribution < -0.4 is 10.1 Å². The predicted molar refractivity (Wildman–Crippen MR) is 69.7 cm³/mol. The van der Waals surface area contributed by atoms with Gasteiger partial charge in [0.2, 0.25) is 11.9 Å². The number of hydrogen-bond donors (Lipinski definition) is 1. The van der Waals surface area contributed by atoms with Gasteiger partial charge in [0.15, 0.2) is 0 Å². The summed E-state index contributed by atoms with van der Waals surface area (Å²) in [7, 11) is 1.44. The highest BCUT2D eigenvalue weighted by Crippen LogP contribution is 2.18. The van der Waals surface area contributed by atoms with Crippen molar-refractivity contribution in [3.8, 4) is 5.75 Å². The summed E-state index contributed by atoms with van der Waals surface area (Å²) in [6, 6.07) is 1.37. The van der Waals surface area contributed by atoms with Crippen LogP contribution in [0.25, 0.3) is 0 Å². The van der Waals surface area contributed by atoms with Crippen LogP contribution in [-0.4, -0.2) is 31.2 Å². The van der Waals surface area contributed by atoms with Gasteiger partial charge in [-0.15, -0.1) is 0 Å². The zero-order chi connectivity index (χ0) is 14.1. The van der Waals surface area contributed by atoms with E-state index in [4.69, 9.17) is 9.47 Å². The molecule has 6 heteroatoms. The first kappa shape index (κ1) is 15.4. The second-order valence-electron chi connectivity index (χ2n) is 4.02. The van der Waals surface area contributed by atoms with E-state index >= 15 is 0 Å². The molecule has 0 atom stereocenters. The maximum absolute atomic E-state index is 13.3. The number of nitrogens with zero attached hydrogens (tertiary/aromatic N) is 1. The highest BCUT2D eigenvalue weighted by atomic mass is 19.1. The molecule has 0 spiro atoms. The van der Waals surface area contributed by atoms with Gasteiger partial charge in [-0.05, 0) is 6.42 Å². The maximum atomic E-state index is 13.3. The Morgan fingerprint density at radius 1 is 1.47 bits per heavy atom. The monoisotopic (exact) mass is 270 g/mol. The van der Waals surface area contributed by atoms with Crippen molar-refractivity contribution < 1.29 is 18.7 Å². The standard InChI is InChI=1S/C13H19FN2O3/c1-3-4-5-6-19-9-12(17)16-11-7-10(18-2)8-15-13(11)14/h7-8H,3-6,9H2,1-2H3,(H,16,17). The Labute approximate surface area is 112 Å². The fraction of sp³-hybridized carbons (Fsp3) is 0.538. The van der Waals surface area contributed by atoms with E-state index < -0.39 is 11.9 Å². The van der Waals surface area contributed by atoms with Gasteiger partial charge < -0.3 is 14.8 Å². The third-order valence-electron chi connectivity index (χ3n) is 2.45. The molecule has 0 radical (unpaired) electrons. The number of rotatable bonds is 8. The van der Waals surface area contributed by atoms with Crippen LogP contribution in [0.5, 0.6) is 5.75 Å². The zero-order valence-electron chi connectivity index (χ0n) is 11.2. The van der Waals surface area contributed by atoms with Gasteiger partial charge in [-0.25, -0.2) is 4.98 Å². The summed E-state index contributed by atoms with van der Waals surface area (Å²) in [5.41, 5.74) is -0.0125. The van der Waals surface area contributed by atoms with Crippen molar-refractivity contribution in [1.29, 1.82) is 0 Å². The Balaban J connectivity index is 2.39. The number of unbranched alkanes of at least 4 members (excludes halogenated alkanes) is 2. The molecule has 19 heavy (non-hydrogen) atoms. The lowest BCUT2D eigenvalue weighted by molar-refractivity contribution is -0.120. The number of halogens is 1. The van der Waals surface area contributed by atoms with E-state index in [0.717, 1.165) is 19.3 Å². The molecule has 1 amide bonds. The fourth-order valence-electron chi connectivity index (χ4n) is 1.43. The lowest BCUT2D eigenvalue weighted by atomic mass is 10.3. The maximum Gasteiger partial charge on any atom is 0.250 e. The molecule has 1 rings (SSSR count). The minimum Gasteiger partial charge on any atom is -0.495 e. The first-order chi connectivity index (χ1) is 9.17. The molecule has 0 unspecified atom stereocenters. The average Bonchev–Trinajstić information content (AvgIpc) is 2.41. The summed E-state index contributed by atoms with van der Waals surface area (Å²) in [4.78, 5) is 15.0. The minimum atomic E-state index is -0.750. The van der Waals surface area contributed by atoms with Crippen molar-refractivity contribution in [1.82, 2.24) is 4.98 Å². The molecule has 0 aliphatic carbocycles. The van der Waals surface area contributed by atoms with Crippen LogP contribution in [0.3, 0.4) is 0 Å². The first-order valence-electron chi connectivity index (χ1n) is 6.24. The van der Waals surface area contributed by atoms with Crippen molar-refractivity contribution in [2.75, 3.05) is 25.6 Å². The van der Waals surface area contributed by atoms with Crippen molar-refractivity contribution >= 4 is 11.6 Å². The summed E-state index contributed by atoms with van der Waals surface area (Å²) in [5, 5.41) is 2.39. The van der Waals surface area contributed by atoms with Crippen molar-refractivity contribution in [2.24, 2.45) is 0 Å². The number of amides is 1. The average molecular weight is 270 g/mol. The number of hydrogen-bond acceptors (Lipinski definition) is 4. The number of pyridine rings is 1. The number of nitrogens with one attached hydrogen (secondary N) is 1. The summed E-state index contributed by atoms with van der Waals surface area (Å²) in [5.74, 6) is -0.786. The van der Waals surface area contributed by atoms with E-state index in [1.807, 2.05) is 0 Å². The SMILES string of the molecule is CCCCCOCC(=O)Nc1cc(OC)cnc1F. The second kappa shape index (κ2) is 8.42. The van der Waals surface area contributed by atoms with Gasteiger partial charge in [0, 0.05) is 12.7 Å². The molecule has 1 aromatic heterocycles. The number of methoxy groups -OCH3 is 1. The number of ether oxygens (including phenoxy) is 2. The van der Waals surface area contributed by atoms with Gasteiger partial charge in [-0.3, -0.25) is 4.79 Å². The number of anilines is 1. The Morgan fingerprint density at radius 2 is 2.26 bits per heavy atom. The number of aromatic nitrogens is 1.